The number of amides is 1. The second-order valence-corrected chi connectivity index (χ2v) is 6.14. The molecule has 1 aromatic carbocycles. The molecule has 23 heavy (non-hydrogen) atoms. The molecular formula is C18H17N3OS. The highest BCUT2D eigenvalue weighted by Crippen LogP contribution is 2.22. The summed E-state index contributed by atoms with van der Waals surface area (Å²) in [5.74, 6) is 0.0322. The topological polar surface area (TPSA) is 46.1 Å². The van der Waals surface area contributed by atoms with Crippen LogP contribution < -0.4 is 0 Å². The predicted molar refractivity (Wildman–Crippen MR) is 92.5 cm³/mol. The average Bonchev–Trinajstić information content (AvgIpc) is 3.15. The third-order valence-electron chi connectivity index (χ3n) is 3.64. The number of carbonyl (C=O) groups excluding carboxylic acids is 1. The minimum absolute atomic E-state index is 0.0322. The first-order chi connectivity index (χ1) is 11.2. The van der Waals surface area contributed by atoms with Crippen LogP contribution in [0.1, 0.15) is 15.9 Å². The molecule has 0 radical (unpaired) electrons. The van der Waals surface area contributed by atoms with E-state index in [0.717, 1.165) is 17.0 Å². The Bertz CT molecular complexity index is 755. The van der Waals surface area contributed by atoms with Crippen LogP contribution in [0.3, 0.4) is 0 Å². The van der Waals surface area contributed by atoms with Crippen LogP contribution in [-0.2, 0) is 6.42 Å². The summed E-state index contributed by atoms with van der Waals surface area (Å²) in [5.41, 5.74) is 2.91. The van der Waals surface area contributed by atoms with Gasteiger partial charge in [0.05, 0.1) is 0 Å². The fourth-order valence-electron chi connectivity index (χ4n) is 2.29. The van der Waals surface area contributed by atoms with Gasteiger partial charge in [0.2, 0.25) is 0 Å². The van der Waals surface area contributed by atoms with E-state index in [2.05, 4.69) is 9.97 Å². The van der Waals surface area contributed by atoms with Crippen molar-refractivity contribution in [3.63, 3.8) is 0 Å². The lowest BCUT2D eigenvalue weighted by Crippen LogP contribution is -2.28. The zero-order valence-electron chi connectivity index (χ0n) is 12.8. The van der Waals surface area contributed by atoms with E-state index >= 15 is 0 Å². The number of benzene rings is 1. The van der Waals surface area contributed by atoms with E-state index in [1.807, 2.05) is 48.8 Å². The number of likely N-dealkylation sites (N-methyl/N-ethyl adjacent to an activating group) is 1. The van der Waals surface area contributed by atoms with E-state index in [1.165, 1.54) is 5.56 Å². The van der Waals surface area contributed by atoms with Crippen LogP contribution in [0.25, 0.3) is 10.6 Å². The number of rotatable bonds is 5. The van der Waals surface area contributed by atoms with E-state index in [0.29, 0.717) is 12.1 Å². The quantitative estimate of drug-likeness (QED) is 0.722. The largest absolute Gasteiger partial charge is 0.341 e. The summed E-state index contributed by atoms with van der Waals surface area (Å²) >= 11 is 1.59. The maximum atomic E-state index is 12.5. The SMILES string of the molecule is CN(CCc1ccncc1)C(=O)c1ccc(-c2nccs2)cc1. The average molecular weight is 323 g/mol. The van der Waals surface area contributed by atoms with Crippen LogP contribution in [-0.4, -0.2) is 34.4 Å². The van der Waals surface area contributed by atoms with Crippen molar-refractivity contribution in [1.82, 2.24) is 14.9 Å². The molecule has 0 aliphatic rings. The van der Waals surface area contributed by atoms with Crippen molar-refractivity contribution >= 4 is 17.2 Å². The normalized spacial score (nSPS) is 10.5. The maximum absolute atomic E-state index is 12.5. The Balaban J connectivity index is 1.63. The summed E-state index contributed by atoms with van der Waals surface area (Å²) in [4.78, 5) is 22.5. The van der Waals surface area contributed by atoms with Crippen molar-refractivity contribution in [2.45, 2.75) is 6.42 Å². The fourth-order valence-corrected chi connectivity index (χ4v) is 2.93. The smallest absolute Gasteiger partial charge is 0.253 e. The lowest BCUT2D eigenvalue weighted by Gasteiger charge is -2.17. The molecule has 1 amide bonds. The first kappa shape index (κ1) is 15.4. The molecule has 5 heteroatoms. The van der Waals surface area contributed by atoms with Gasteiger partial charge in [-0.3, -0.25) is 9.78 Å². The number of carbonyl (C=O) groups is 1. The van der Waals surface area contributed by atoms with Gasteiger partial charge < -0.3 is 4.90 Å². The van der Waals surface area contributed by atoms with Crippen LogP contribution in [0.15, 0.2) is 60.4 Å². The summed E-state index contributed by atoms with van der Waals surface area (Å²) in [6, 6.07) is 11.6. The third-order valence-corrected chi connectivity index (χ3v) is 4.47. The van der Waals surface area contributed by atoms with Crippen molar-refractivity contribution in [2.75, 3.05) is 13.6 Å². The Labute approximate surface area is 139 Å². The Morgan fingerprint density at radius 1 is 1.09 bits per heavy atom. The number of aromatic nitrogens is 2. The highest BCUT2D eigenvalue weighted by Gasteiger charge is 2.12. The van der Waals surface area contributed by atoms with E-state index in [-0.39, 0.29) is 5.91 Å². The molecule has 0 saturated carbocycles. The molecule has 116 valence electrons. The summed E-state index contributed by atoms with van der Waals surface area (Å²) in [7, 11) is 1.83. The van der Waals surface area contributed by atoms with Gasteiger partial charge in [0, 0.05) is 48.7 Å². The van der Waals surface area contributed by atoms with Crippen LogP contribution >= 0.6 is 11.3 Å². The number of hydrogen-bond acceptors (Lipinski definition) is 4. The van der Waals surface area contributed by atoms with Gasteiger partial charge in [0.15, 0.2) is 0 Å². The minimum Gasteiger partial charge on any atom is -0.341 e. The molecule has 0 N–H and O–H groups in total. The Morgan fingerprint density at radius 2 is 1.83 bits per heavy atom. The monoisotopic (exact) mass is 323 g/mol. The van der Waals surface area contributed by atoms with Gasteiger partial charge in [0.25, 0.3) is 5.91 Å². The molecule has 0 bridgehead atoms. The molecule has 0 saturated heterocycles. The van der Waals surface area contributed by atoms with Crippen molar-refractivity contribution < 1.29 is 4.79 Å². The molecular weight excluding hydrogens is 306 g/mol. The predicted octanol–water partition coefficient (Wildman–Crippen LogP) is 3.52. The zero-order chi connectivity index (χ0) is 16.1. The molecule has 2 heterocycles. The summed E-state index contributed by atoms with van der Waals surface area (Å²) in [5, 5.41) is 2.91. The van der Waals surface area contributed by atoms with Crippen LogP contribution in [0.2, 0.25) is 0 Å². The first-order valence-corrected chi connectivity index (χ1v) is 8.26. The molecule has 0 unspecified atom stereocenters. The second-order valence-electron chi connectivity index (χ2n) is 5.25. The van der Waals surface area contributed by atoms with Gasteiger partial charge in [-0.15, -0.1) is 11.3 Å². The lowest BCUT2D eigenvalue weighted by atomic mass is 10.1. The zero-order valence-corrected chi connectivity index (χ0v) is 13.7. The van der Waals surface area contributed by atoms with Crippen molar-refractivity contribution in [2.24, 2.45) is 0 Å². The van der Waals surface area contributed by atoms with Gasteiger partial charge in [-0.25, -0.2) is 4.98 Å². The van der Waals surface area contributed by atoms with E-state index in [1.54, 1.807) is 34.8 Å². The molecule has 2 aromatic heterocycles. The molecule has 0 fully saturated rings. The summed E-state index contributed by atoms with van der Waals surface area (Å²) in [6.07, 6.45) is 6.15. The molecule has 0 aliphatic carbocycles. The second kappa shape index (κ2) is 7.15. The Morgan fingerprint density at radius 3 is 2.48 bits per heavy atom. The molecule has 0 atom stereocenters. The Hall–Kier alpha value is -2.53. The van der Waals surface area contributed by atoms with Crippen LogP contribution in [0.5, 0.6) is 0 Å². The fraction of sp³-hybridized carbons (Fsp3) is 0.167. The van der Waals surface area contributed by atoms with Gasteiger partial charge in [-0.2, -0.15) is 0 Å². The highest BCUT2D eigenvalue weighted by molar-refractivity contribution is 7.13. The molecule has 0 aliphatic heterocycles. The van der Waals surface area contributed by atoms with Crippen molar-refractivity contribution in [1.29, 1.82) is 0 Å². The number of hydrogen-bond donors (Lipinski definition) is 0. The minimum atomic E-state index is 0.0322. The van der Waals surface area contributed by atoms with Gasteiger partial charge in [0.1, 0.15) is 5.01 Å². The van der Waals surface area contributed by atoms with Crippen LogP contribution in [0, 0.1) is 0 Å². The first-order valence-electron chi connectivity index (χ1n) is 7.38. The number of thiazole rings is 1. The summed E-state index contributed by atoms with van der Waals surface area (Å²) in [6.45, 7) is 0.678. The number of nitrogens with zero attached hydrogens (tertiary/aromatic N) is 3. The molecule has 3 aromatic rings. The van der Waals surface area contributed by atoms with Crippen molar-refractivity contribution in [3.05, 3.63) is 71.5 Å². The highest BCUT2D eigenvalue weighted by atomic mass is 32.1. The van der Waals surface area contributed by atoms with Gasteiger partial charge in [-0.05, 0) is 36.2 Å². The lowest BCUT2D eigenvalue weighted by molar-refractivity contribution is 0.0796. The van der Waals surface area contributed by atoms with Crippen LogP contribution in [0.4, 0.5) is 0 Å². The van der Waals surface area contributed by atoms with Gasteiger partial charge in [-0.1, -0.05) is 12.1 Å². The third kappa shape index (κ3) is 3.81. The van der Waals surface area contributed by atoms with Crippen molar-refractivity contribution in [3.8, 4) is 10.6 Å². The molecule has 3 rings (SSSR count). The standard InChI is InChI=1S/C18H17N3OS/c1-21(12-8-14-6-9-19-10-7-14)18(22)16-4-2-15(3-5-16)17-20-11-13-23-17/h2-7,9-11,13H,8,12H2,1H3. The molecule has 4 nitrogen and oxygen atoms in total. The summed E-state index contributed by atoms with van der Waals surface area (Å²) < 4.78 is 0. The van der Waals surface area contributed by atoms with Gasteiger partial charge >= 0.3 is 0 Å². The number of pyridine rings is 1. The Kier molecular flexibility index (Phi) is 4.78. The van der Waals surface area contributed by atoms with E-state index in [9.17, 15) is 4.79 Å². The van der Waals surface area contributed by atoms with E-state index in [4.69, 9.17) is 0 Å². The molecule has 0 spiro atoms. The van der Waals surface area contributed by atoms with E-state index < -0.39 is 0 Å². The maximum Gasteiger partial charge on any atom is 0.253 e.